The first-order chi connectivity index (χ1) is 14.8. The van der Waals surface area contributed by atoms with Crippen LogP contribution in [0.4, 0.5) is 4.39 Å². The highest BCUT2D eigenvalue weighted by Gasteiger charge is 2.23. The Kier molecular flexibility index (Phi) is 4.43. The fourth-order valence-corrected chi connectivity index (χ4v) is 3.23. The van der Waals surface area contributed by atoms with Gasteiger partial charge in [-0.25, -0.2) is 18.6 Å². The van der Waals surface area contributed by atoms with Crippen LogP contribution in [0.1, 0.15) is 12.7 Å². The monoisotopic (exact) mass is 405 g/mol. The first kappa shape index (κ1) is 18.0. The summed E-state index contributed by atoms with van der Waals surface area (Å²) in [7, 11) is 0. The van der Waals surface area contributed by atoms with E-state index in [9.17, 15) is 4.39 Å². The summed E-state index contributed by atoms with van der Waals surface area (Å²) in [5.41, 5.74) is 1.45. The van der Waals surface area contributed by atoms with Crippen LogP contribution in [0.15, 0.2) is 59.6 Å². The van der Waals surface area contributed by atoms with E-state index in [4.69, 9.17) is 9.15 Å². The quantitative estimate of drug-likeness (QED) is 0.427. The van der Waals surface area contributed by atoms with Crippen molar-refractivity contribution < 1.29 is 13.5 Å². The van der Waals surface area contributed by atoms with Crippen molar-refractivity contribution in [3.8, 4) is 28.6 Å². The topological polar surface area (TPSA) is 96.2 Å². The second-order valence-electron chi connectivity index (χ2n) is 6.38. The zero-order valence-corrected chi connectivity index (χ0v) is 15.9. The Morgan fingerprint density at radius 1 is 1.17 bits per heavy atom. The molecular formula is C20H16FN7O2. The van der Waals surface area contributed by atoms with Gasteiger partial charge in [-0.3, -0.25) is 0 Å². The molecule has 9 nitrogen and oxygen atoms in total. The number of rotatable bonds is 6. The van der Waals surface area contributed by atoms with Crippen LogP contribution in [-0.2, 0) is 13.2 Å². The minimum absolute atomic E-state index is 0.154. The van der Waals surface area contributed by atoms with Gasteiger partial charge in [0.1, 0.15) is 35.6 Å². The Hall–Kier alpha value is -4.08. The van der Waals surface area contributed by atoms with E-state index < -0.39 is 5.82 Å². The van der Waals surface area contributed by atoms with E-state index in [-0.39, 0.29) is 18.0 Å². The third-order valence-corrected chi connectivity index (χ3v) is 4.64. The summed E-state index contributed by atoms with van der Waals surface area (Å²) >= 11 is 0. The predicted molar refractivity (Wildman–Crippen MR) is 104 cm³/mol. The molecule has 0 saturated heterocycles. The zero-order chi connectivity index (χ0) is 20.5. The molecule has 0 aliphatic carbocycles. The van der Waals surface area contributed by atoms with E-state index in [1.165, 1.54) is 23.1 Å². The summed E-state index contributed by atoms with van der Waals surface area (Å²) in [5, 5.41) is 16.9. The molecule has 4 aromatic heterocycles. The summed E-state index contributed by atoms with van der Waals surface area (Å²) in [6, 6.07) is 9.89. The van der Waals surface area contributed by atoms with Gasteiger partial charge in [-0.15, -0.1) is 10.2 Å². The van der Waals surface area contributed by atoms with Crippen molar-refractivity contribution in [1.29, 1.82) is 0 Å². The van der Waals surface area contributed by atoms with Gasteiger partial charge in [0, 0.05) is 6.54 Å². The van der Waals surface area contributed by atoms with Crippen LogP contribution in [0.25, 0.3) is 28.2 Å². The Bertz CT molecular complexity index is 1310. The van der Waals surface area contributed by atoms with Gasteiger partial charge in [0.2, 0.25) is 5.88 Å². The molecule has 0 spiro atoms. The second-order valence-corrected chi connectivity index (χ2v) is 6.38. The summed E-state index contributed by atoms with van der Waals surface area (Å²) in [4.78, 5) is 4.22. The summed E-state index contributed by atoms with van der Waals surface area (Å²) in [6.07, 6.45) is 4.57. The van der Waals surface area contributed by atoms with Gasteiger partial charge >= 0.3 is 0 Å². The minimum Gasteiger partial charge on any atom is -0.468 e. The van der Waals surface area contributed by atoms with Gasteiger partial charge in [0.15, 0.2) is 11.6 Å². The van der Waals surface area contributed by atoms with Crippen molar-refractivity contribution in [2.45, 2.75) is 20.1 Å². The van der Waals surface area contributed by atoms with Crippen LogP contribution in [-0.4, -0.2) is 34.6 Å². The Morgan fingerprint density at radius 3 is 2.87 bits per heavy atom. The van der Waals surface area contributed by atoms with Crippen molar-refractivity contribution in [2.24, 2.45) is 0 Å². The molecule has 4 heterocycles. The number of hydrogen-bond donors (Lipinski definition) is 0. The molecule has 10 heteroatoms. The van der Waals surface area contributed by atoms with E-state index in [1.54, 1.807) is 41.3 Å². The number of halogens is 1. The third-order valence-electron chi connectivity index (χ3n) is 4.64. The van der Waals surface area contributed by atoms with Crippen molar-refractivity contribution >= 4 is 5.52 Å². The van der Waals surface area contributed by atoms with E-state index in [2.05, 4.69) is 25.4 Å². The largest absolute Gasteiger partial charge is 0.468 e. The number of benzene rings is 1. The van der Waals surface area contributed by atoms with Gasteiger partial charge in [0.25, 0.3) is 0 Å². The number of nitrogens with zero attached hydrogens (tertiary/aromatic N) is 7. The number of aryl methyl sites for hydroxylation is 1. The van der Waals surface area contributed by atoms with Gasteiger partial charge in [0.05, 0.1) is 18.0 Å². The molecule has 0 unspecified atom stereocenters. The van der Waals surface area contributed by atoms with E-state index in [0.29, 0.717) is 35.1 Å². The molecule has 0 aliphatic rings. The molecule has 0 fully saturated rings. The Labute approximate surface area is 169 Å². The summed E-state index contributed by atoms with van der Waals surface area (Å²) in [6.45, 7) is 2.79. The van der Waals surface area contributed by atoms with Crippen LogP contribution < -0.4 is 4.74 Å². The molecule has 0 radical (unpaired) electrons. The summed E-state index contributed by atoms with van der Waals surface area (Å²) < 4.78 is 29.2. The van der Waals surface area contributed by atoms with Crippen LogP contribution in [0, 0.1) is 5.82 Å². The van der Waals surface area contributed by atoms with Crippen LogP contribution in [0.2, 0.25) is 0 Å². The van der Waals surface area contributed by atoms with Crippen molar-refractivity contribution in [3.05, 3.63) is 66.8 Å². The van der Waals surface area contributed by atoms with Crippen molar-refractivity contribution in [1.82, 2.24) is 34.6 Å². The Morgan fingerprint density at radius 2 is 2.07 bits per heavy atom. The molecule has 0 N–H and O–H groups in total. The molecule has 5 rings (SSSR count). The SMILES string of the molecule is CCn1ncnc1COc1nn2c(-c3ccccc3F)nncc2c1-c1ccco1. The molecule has 0 bridgehead atoms. The standard InChI is InChI=1S/C20H16FN7O2/c1-2-27-17(22-12-24-27)11-30-20-18(16-8-5-9-29-16)15-10-23-25-19(28(15)26-20)13-6-3-4-7-14(13)21/h3-10,12H,2,11H2,1H3. The maximum Gasteiger partial charge on any atom is 0.245 e. The van der Waals surface area contributed by atoms with Gasteiger partial charge in [-0.2, -0.15) is 10.2 Å². The minimum atomic E-state index is -0.423. The maximum absolute atomic E-state index is 14.4. The average molecular weight is 405 g/mol. The number of ether oxygens (including phenoxy) is 1. The third kappa shape index (κ3) is 2.98. The smallest absolute Gasteiger partial charge is 0.245 e. The molecule has 30 heavy (non-hydrogen) atoms. The van der Waals surface area contributed by atoms with Crippen LogP contribution in [0.5, 0.6) is 5.88 Å². The second kappa shape index (κ2) is 7.39. The molecule has 5 aromatic rings. The van der Waals surface area contributed by atoms with E-state index in [1.807, 2.05) is 6.92 Å². The summed E-state index contributed by atoms with van der Waals surface area (Å²) in [5.74, 6) is 1.33. The van der Waals surface area contributed by atoms with E-state index >= 15 is 0 Å². The Balaban J connectivity index is 1.65. The highest BCUT2D eigenvalue weighted by Crippen LogP contribution is 2.35. The van der Waals surface area contributed by atoms with Crippen LogP contribution in [0.3, 0.4) is 0 Å². The lowest BCUT2D eigenvalue weighted by molar-refractivity contribution is 0.275. The predicted octanol–water partition coefficient (Wildman–Crippen LogP) is 3.38. The molecular weight excluding hydrogens is 389 g/mol. The van der Waals surface area contributed by atoms with Crippen LogP contribution >= 0.6 is 0 Å². The number of aromatic nitrogens is 7. The normalized spacial score (nSPS) is 11.3. The number of hydrogen-bond acceptors (Lipinski definition) is 7. The van der Waals surface area contributed by atoms with Gasteiger partial charge in [-0.1, -0.05) is 12.1 Å². The highest BCUT2D eigenvalue weighted by atomic mass is 19.1. The number of fused-ring (bicyclic) bond motifs is 1. The lowest BCUT2D eigenvalue weighted by Crippen LogP contribution is -2.08. The lowest BCUT2D eigenvalue weighted by Gasteiger charge is -2.05. The van der Waals surface area contributed by atoms with Gasteiger partial charge < -0.3 is 9.15 Å². The van der Waals surface area contributed by atoms with Crippen molar-refractivity contribution in [2.75, 3.05) is 0 Å². The number of furan rings is 1. The first-order valence-electron chi connectivity index (χ1n) is 9.29. The molecule has 0 atom stereocenters. The van der Waals surface area contributed by atoms with Gasteiger partial charge in [-0.05, 0) is 31.2 Å². The zero-order valence-electron chi connectivity index (χ0n) is 15.9. The van der Waals surface area contributed by atoms with E-state index in [0.717, 1.165) is 0 Å². The first-order valence-corrected chi connectivity index (χ1v) is 9.29. The molecule has 1 aromatic carbocycles. The fraction of sp³-hybridized carbons (Fsp3) is 0.150. The molecule has 0 amide bonds. The maximum atomic E-state index is 14.4. The lowest BCUT2D eigenvalue weighted by atomic mass is 10.2. The molecule has 0 aliphatic heterocycles. The molecule has 150 valence electrons. The fourth-order valence-electron chi connectivity index (χ4n) is 3.23. The molecule has 0 saturated carbocycles. The highest BCUT2D eigenvalue weighted by molar-refractivity contribution is 5.82. The van der Waals surface area contributed by atoms with Crippen molar-refractivity contribution in [3.63, 3.8) is 0 Å². The average Bonchev–Trinajstić information content (AvgIpc) is 3.50.